The van der Waals surface area contributed by atoms with E-state index in [2.05, 4.69) is 21.2 Å². The number of halogens is 1. The van der Waals surface area contributed by atoms with E-state index < -0.39 is 0 Å². The molecule has 106 valence electrons. The van der Waals surface area contributed by atoms with Gasteiger partial charge in [0.15, 0.2) is 11.5 Å². The van der Waals surface area contributed by atoms with Gasteiger partial charge in [0.1, 0.15) is 0 Å². The summed E-state index contributed by atoms with van der Waals surface area (Å²) in [6.07, 6.45) is 0.329. The number of primary amides is 1. The van der Waals surface area contributed by atoms with Crippen LogP contribution < -0.4 is 20.5 Å². The van der Waals surface area contributed by atoms with Crippen LogP contribution in [0.2, 0.25) is 0 Å². The highest BCUT2D eigenvalue weighted by atomic mass is 79.9. The fourth-order valence-corrected chi connectivity index (χ4v) is 2.28. The van der Waals surface area contributed by atoms with Crippen molar-refractivity contribution in [2.45, 2.75) is 19.9 Å². The largest absolute Gasteiger partial charge is 0.492 e. The number of hydrogen-bond donors (Lipinski definition) is 2. The fourth-order valence-electron chi connectivity index (χ4n) is 1.63. The average Bonchev–Trinajstić information content (AvgIpc) is 2.35. The predicted molar refractivity (Wildman–Crippen MR) is 77.4 cm³/mol. The number of methoxy groups -OCH3 is 1. The van der Waals surface area contributed by atoms with Crippen LogP contribution >= 0.6 is 15.9 Å². The summed E-state index contributed by atoms with van der Waals surface area (Å²) in [4.78, 5) is 10.6. The van der Waals surface area contributed by atoms with Gasteiger partial charge < -0.3 is 20.5 Å². The van der Waals surface area contributed by atoms with Gasteiger partial charge in [0.2, 0.25) is 5.91 Å². The summed E-state index contributed by atoms with van der Waals surface area (Å²) < 4.78 is 11.7. The second-order valence-electron chi connectivity index (χ2n) is 3.94. The Labute approximate surface area is 121 Å². The number of rotatable bonds is 8. The Kier molecular flexibility index (Phi) is 6.66. The molecule has 0 aliphatic carbocycles. The summed E-state index contributed by atoms with van der Waals surface area (Å²) in [6.45, 7) is 3.69. The number of carbonyl (C=O) groups excluding carboxylic acids is 1. The maximum atomic E-state index is 10.6. The number of ether oxygens (including phenoxy) is 2. The number of nitrogens with one attached hydrogen (secondary N) is 1. The second-order valence-corrected chi connectivity index (χ2v) is 4.79. The number of nitrogens with two attached hydrogens (primary N) is 1. The first kappa shape index (κ1) is 15.8. The van der Waals surface area contributed by atoms with E-state index in [1.807, 2.05) is 19.1 Å². The number of benzene rings is 1. The lowest BCUT2D eigenvalue weighted by Gasteiger charge is -2.13. The molecular weight excluding hydrogens is 312 g/mol. The van der Waals surface area contributed by atoms with Crippen LogP contribution in [-0.4, -0.2) is 26.2 Å². The Hall–Kier alpha value is -1.27. The molecule has 0 unspecified atom stereocenters. The van der Waals surface area contributed by atoms with Crippen LogP contribution in [0.5, 0.6) is 11.5 Å². The van der Waals surface area contributed by atoms with E-state index in [9.17, 15) is 4.79 Å². The van der Waals surface area contributed by atoms with Crippen molar-refractivity contribution in [3.05, 3.63) is 22.2 Å². The number of hydrogen-bond acceptors (Lipinski definition) is 4. The van der Waals surface area contributed by atoms with E-state index in [1.54, 1.807) is 7.11 Å². The first-order valence-electron chi connectivity index (χ1n) is 6.06. The smallest absolute Gasteiger partial charge is 0.218 e. The quantitative estimate of drug-likeness (QED) is 0.713. The highest BCUT2D eigenvalue weighted by molar-refractivity contribution is 9.10. The van der Waals surface area contributed by atoms with Crippen molar-refractivity contribution < 1.29 is 14.3 Å². The molecule has 0 atom stereocenters. The molecule has 0 aliphatic rings. The number of carbonyl (C=O) groups is 1. The lowest BCUT2D eigenvalue weighted by Crippen LogP contribution is -2.21. The van der Waals surface area contributed by atoms with E-state index in [0.29, 0.717) is 37.6 Å². The molecule has 1 amide bonds. The van der Waals surface area contributed by atoms with Gasteiger partial charge in [-0.15, -0.1) is 0 Å². The van der Waals surface area contributed by atoms with E-state index >= 15 is 0 Å². The third-order valence-electron chi connectivity index (χ3n) is 2.45. The molecule has 0 aromatic heterocycles. The highest BCUT2D eigenvalue weighted by Crippen LogP contribution is 2.36. The summed E-state index contributed by atoms with van der Waals surface area (Å²) in [7, 11) is 1.60. The molecule has 0 saturated heterocycles. The normalized spacial score (nSPS) is 10.3. The molecule has 1 aromatic rings. The lowest BCUT2D eigenvalue weighted by atomic mass is 10.2. The maximum absolute atomic E-state index is 10.6. The van der Waals surface area contributed by atoms with Crippen molar-refractivity contribution in [1.82, 2.24) is 5.32 Å². The van der Waals surface area contributed by atoms with Crippen LogP contribution in [-0.2, 0) is 11.3 Å². The van der Waals surface area contributed by atoms with E-state index in [-0.39, 0.29) is 5.91 Å². The lowest BCUT2D eigenvalue weighted by molar-refractivity contribution is -0.117. The van der Waals surface area contributed by atoms with Gasteiger partial charge in [-0.1, -0.05) is 0 Å². The van der Waals surface area contributed by atoms with Crippen molar-refractivity contribution in [1.29, 1.82) is 0 Å². The third kappa shape index (κ3) is 5.08. The predicted octanol–water partition coefficient (Wildman–Crippen LogP) is 1.82. The molecular formula is C13H19BrN2O3. The molecule has 0 saturated carbocycles. The molecule has 1 rings (SSSR count). The van der Waals surface area contributed by atoms with Gasteiger partial charge in [-0.3, -0.25) is 4.79 Å². The van der Waals surface area contributed by atoms with Gasteiger partial charge in [-0.05, 0) is 40.5 Å². The SMILES string of the molecule is CCOc1cc(CNCCC(N)=O)cc(Br)c1OC. The Morgan fingerprint density at radius 3 is 2.79 bits per heavy atom. The zero-order valence-corrected chi connectivity index (χ0v) is 12.7. The molecule has 0 fully saturated rings. The van der Waals surface area contributed by atoms with Gasteiger partial charge in [0.25, 0.3) is 0 Å². The standard InChI is InChI=1S/C13H19BrN2O3/c1-3-19-11-7-9(6-10(14)13(11)18-2)8-16-5-4-12(15)17/h6-7,16H,3-5,8H2,1-2H3,(H2,15,17). The Bertz CT molecular complexity index is 438. The molecule has 5 nitrogen and oxygen atoms in total. The van der Waals surface area contributed by atoms with Crippen molar-refractivity contribution in [3.8, 4) is 11.5 Å². The van der Waals surface area contributed by atoms with Gasteiger partial charge >= 0.3 is 0 Å². The average molecular weight is 331 g/mol. The topological polar surface area (TPSA) is 73.6 Å². The van der Waals surface area contributed by atoms with Crippen molar-refractivity contribution in [2.75, 3.05) is 20.3 Å². The van der Waals surface area contributed by atoms with Gasteiger partial charge in [-0.2, -0.15) is 0 Å². The summed E-state index contributed by atoms with van der Waals surface area (Å²) in [5.41, 5.74) is 6.12. The molecule has 0 radical (unpaired) electrons. The number of amides is 1. The van der Waals surface area contributed by atoms with Crippen LogP contribution in [0.25, 0.3) is 0 Å². The minimum Gasteiger partial charge on any atom is -0.492 e. The monoisotopic (exact) mass is 330 g/mol. The van der Waals surface area contributed by atoms with Crippen molar-refractivity contribution in [2.24, 2.45) is 5.73 Å². The summed E-state index contributed by atoms with van der Waals surface area (Å²) in [6, 6.07) is 3.88. The van der Waals surface area contributed by atoms with Gasteiger partial charge in [0.05, 0.1) is 18.2 Å². The third-order valence-corrected chi connectivity index (χ3v) is 3.04. The Morgan fingerprint density at radius 2 is 2.21 bits per heavy atom. The first-order chi connectivity index (χ1) is 9.08. The van der Waals surface area contributed by atoms with Crippen LogP contribution in [0.15, 0.2) is 16.6 Å². The zero-order valence-electron chi connectivity index (χ0n) is 11.2. The summed E-state index contributed by atoms with van der Waals surface area (Å²) >= 11 is 3.45. The van der Waals surface area contributed by atoms with E-state index in [0.717, 1.165) is 10.0 Å². The summed E-state index contributed by atoms with van der Waals surface area (Å²) in [5.74, 6) is 1.08. The molecule has 1 aromatic carbocycles. The van der Waals surface area contributed by atoms with Crippen molar-refractivity contribution in [3.63, 3.8) is 0 Å². The van der Waals surface area contributed by atoms with Crippen LogP contribution in [0.1, 0.15) is 18.9 Å². The Balaban J connectivity index is 2.71. The van der Waals surface area contributed by atoms with Crippen molar-refractivity contribution >= 4 is 21.8 Å². The maximum Gasteiger partial charge on any atom is 0.218 e. The van der Waals surface area contributed by atoms with Gasteiger partial charge in [0, 0.05) is 19.5 Å². The highest BCUT2D eigenvalue weighted by Gasteiger charge is 2.10. The first-order valence-corrected chi connectivity index (χ1v) is 6.86. The molecule has 0 spiro atoms. The van der Waals surface area contributed by atoms with E-state index in [4.69, 9.17) is 15.2 Å². The van der Waals surface area contributed by atoms with Crippen LogP contribution in [0, 0.1) is 0 Å². The molecule has 6 heteroatoms. The van der Waals surface area contributed by atoms with Gasteiger partial charge in [-0.25, -0.2) is 0 Å². The van der Waals surface area contributed by atoms with E-state index in [1.165, 1.54) is 0 Å². The fraction of sp³-hybridized carbons (Fsp3) is 0.462. The zero-order chi connectivity index (χ0) is 14.3. The molecule has 0 bridgehead atoms. The Morgan fingerprint density at radius 1 is 1.47 bits per heavy atom. The summed E-state index contributed by atoms with van der Waals surface area (Å²) in [5, 5.41) is 3.15. The second kappa shape index (κ2) is 8.01. The minimum absolute atomic E-state index is 0.307. The van der Waals surface area contributed by atoms with Crippen LogP contribution in [0.4, 0.5) is 0 Å². The molecule has 0 aliphatic heterocycles. The minimum atomic E-state index is -0.307. The van der Waals surface area contributed by atoms with Crippen LogP contribution in [0.3, 0.4) is 0 Å². The molecule has 3 N–H and O–H groups in total. The molecule has 19 heavy (non-hydrogen) atoms. The molecule has 0 heterocycles.